The standard InChI is InChI=1S/C20H31N3O3/c1-3-21-20(22-10-13-25-17-8-5-4-7-16(17)2)23-11-14-26-19(15-23)18-9-6-12-24-18/h4-5,7-8,18-19H,3,6,9-15H2,1-2H3,(H,21,22). The van der Waals surface area contributed by atoms with Crippen LogP contribution in [-0.2, 0) is 9.47 Å². The lowest BCUT2D eigenvalue weighted by molar-refractivity contribution is -0.0817. The number of hydrogen-bond acceptors (Lipinski definition) is 4. The summed E-state index contributed by atoms with van der Waals surface area (Å²) < 4.78 is 17.6. The molecule has 0 aliphatic carbocycles. The summed E-state index contributed by atoms with van der Waals surface area (Å²) in [5.41, 5.74) is 1.15. The van der Waals surface area contributed by atoms with E-state index < -0.39 is 0 Å². The molecule has 6 nitrogen and oxygen atoms in total. The number of nitrogens with zero attached hydrogens (tertiary/aromatic N) is 2. The topological polar surface area (TPSA) is 55.3 Å². The van der Waals surface area contributed by atoms with Gasteiger partial charge in [0, 0.05) is 26.2 Å². The maximum atomic E-state index is 5.94. The minimum atomic E-state index is 0.137. The van der Waals surface area contributed by atoms with E-state index in [1.165, 1.54) is 0 Å². The molecule has 3 rings (SSSR count). The maximum absolute atomic E-state index is 5.94. The predicted octanol–water partition coefficient (Wildman–Crippen LogP) is 2.22. The monoisotopic (exact) mass is 361 g/mol. The number of para-hydroxylation sites is 1. The Morgan fingerprint density at radius 1 is 1.27 bits per heavy atom. The van der Waals surface area contributed by atoms with Gasteiger partial charge in [-0.2, -0.15) is 0 Å². The molecule has 2 aliphatic rings. The maximum Gasteiger partial charge on any atom is 0.194 e. The number of aliphatic imine (C=N–C) groups is 1. The highest BCUT2D eigenvalue weighted by Gasteiger charge is 2.32. The molecule has 2 saturated heterocycles. The van der Waals surface area contributed by atoms with Gasteiger partial charge in [0.1, 0.15) is 18.5 Å². The summed E-state index contributed by atoms with van der Waals surface area (Å²) in [7, 11) is 0. The molecule has 0 radical (unpaired) electrons. The van der Waals surface area contributed by atoms with Crippen molar-refractivity contribution in [2.45, 2.75) is 38.9 Å². The molecule has 2 atom stereocenters. The molecular formula is C20H31N3O3. The van der Waals surface area contributed by atoms with Crippen molar-refractivity contribution in [1.29, 1.82) is 0 Å². The molecule has 0 bridgehead atoms. The van der Waals surface area contributed by atoms with Crippen molar-refractivity contribution >= 4 is 5.96 Å². The molecule has 2 heterocycles. The Bertz CT molecular complexity index is 587. The second-order valence-corrected chi connectivity index (χ2v) is 6.76. The van der Waals surface area contributed by atoms with Gasteiger partial charge in [-0.3, -0.25) is 0 Å². The highest BCUT2D eigenvalue weighted by Crippen LogP contribution is 2.21. The molecule has 2 fully saturated rings. The van der Waals surface area contributed by atoms with Crippen LogP contribution in [0.15, 0.2) is 29.3 Å². The van der Waals surface area contributed by atoms with Gasteiger partial charge in [-0.15, -0.1) is 0 Å². The molecule has 1 aromatic rings. The normalized spacial score (nSPS) is 23.9. The quantitative estimate of drug-likeness (QED) is 0.478. The van der Waals surface area contributed by atoms with Crippen molar-refractivity contribution in [1.82, 2.24) is 10.2 Å². The molecule has 0 amide bonds. The number of hydrogen-bond donors (Lipinski definition) is 1. The average molecular weight is 361 g/mol. The van der Waals surface area contributed by atoms with Gasteiger partial charge in [0.15, 0.2) is 5.96 Å². The van der Waals surface area contributed by atoms with Crippen LogP contribution in [0.3, 0.4) is 0 Å². The number of guanidine groups is 1. The molecule has 0 saturated carbocycles. The van der Waals surface area contributed by atoms with Gasteiger partial charge in [-0.25, -0.2) is 4.99 Å². The third-order valence-corrected chi connectivity index (χ3v) is 4.81. The lowest BCUT2D eigenvalue weighted by atomic mass is 10.1. The Balaban J connectivity index is 1.53. The first-order chi connectivity index (χ1) is 12.8. The van der Waals surface area contributed by atoms with E-state index in [1.54, 1.807) is 0 Å². The molecule has 0 aromatic heterocycles. The van der Waals surface area contributed by atoms with Crippen molar-refractivity contribution in [2.24, 2.45) is 4.99 Å². The predicted molar refractivity (Wildman–Crippen MR) is 103 cm³/mol. The molecule has 2 unspecified atom stereocenters. The first kappa shape index (κ1) is 19.0. The van der Waals surface area contributed by atoms with E-state index in [4.69, 9.17) is 19.2 Å². The van der Waals surface area contributed by atoms with Gasteiger partial charge in [-0.05, 0) is 38.3 Å². The molecule has 6 heteroatoms. The van der Waals surface area contributed by atoms with Gasteiger partial charge in [0.05, 0.1) is 19.3 Å². The van der Waals surface area contributed by atoms with Gasteiger partial charge < -0.3 is 24.4 Å². The van der Waals surface area contributed by atoms with Gasteiger partial charge in [0.25, 0.3) is 0 Å². The van der Waals surface area contributed by atoms with Gasteiger partial charge in [0.2, 0.25) is 0 Å². The van der Waals surface area contributed by atoms with E-state index in [-0.39, 0.29) is 12.2 Å². The van der Waals surface area contributed by atoms with Crippen molar-refractivity contribution < 1.29 is 14.2 Å². The number of benzene rings is 1. The van der Waals surface area contributed by atoms with E-state index in [2.05, 4.69) is 30.1 Å². The molecule has 0 spiro atoms. The average Bonchev–Trinajstić information content (AvgIpc) is 3.20. The Hall–Kier alpha value is -1.79. The molecule has 1 aromatic carbocycles. The summed E-state index contributed by atoms with van der Waals surface area (Å²) in [5, 5.41) is 3.40. The summed E-state index contributed by atoms with van der Waals surface area (Å²) >= 11 is 0. The third kappa shape index (κ3) is 5.11. The Morgan fingerprint density at radius 2 is 2.12 bits per heavy atom. The number of rotatable bonds is 6. The summed E-state index contributed by atoms with van der Waals surface area (Å²) in [6.45, 7) is 9.45. The van der Waals surface area contributed by atoms with E-state index >= 15 is 0 Å². The van der Waals surface area contributed by atoms with Crippen LogP contribution < -0.4 is 10.1 Å². The van der Waals surface area contributed by atoms with Gasteiger partial charge in [-0.1, -0.05) is 18.2 Å². The van der Waals surface area contributed by atoms with Crippen LogP contribution in [0.1, 0.15) is 25.3 Å². The van der Waals surface area contributed by atoms with Crippen LogP contribution >= 0.6 is 0 Å². The lowest BCUT2D eigenvalue weighted by Crippen LogP contribution is -2.53. The molecule has 144 valence electrons. The second kappa shape index (κ2) is 9.78. The molecule has 1 N–H and O–H groups in total. The minimum absolute atomic E-state index is 0.137. The van der Waals surface area contributed by atoms with Crippen LogP contribution in [0, 0.1) is 6.92 Å². The lowest BCUT2D eigenvalue weighted by Gasteiger charge is -2.37. The van der Waals surface area contributed by atoms with Gasteiger partial charge >= 0.3 is 0 Å². The summed E-state index contributed by atoms with van der Waals surface area (Å²) in [4.78, 5) is 7.04. The van der Waals surface area contributed by atoms with E-state index in [1.807, 2.05) is 18.2 Å². The highest BCUT2D eigenvalue weighted by atomic mass is 16.5. The van der Waals surface area contributed by atoms with E-state index in [0.717, 1.165) is 56.4 Å². The SMILES string of the molecule is CCNC(=NCCOc1ccccc1C)N1CCOC(C2CCCO2)C1. The fourth-order valence-electron chi connectivity index (χ4n) is 3.44. The van der Waals surface area contributed by atoms with E-state index in [0.29, 0.717) is 19.8 Å². The van der Waals surface area contributed by atoms with Crippen LogP contribution in [0.2, 0.25) is 0 Å². The molecule has 2 aliphatic heterocycles. The fourth-order valence-corrected chi connectivity index (χ4v) is 3.44. The summed E-state index contributed by atoms with van der Waals surface area (Å²) in [6, 6.07) is 8.07. The van der Waals surface area contributed by atoms with Crippen LogP contribution in [0.4, 0.5) is 0 Å². The number of ether oxygens (including phenoxy) is 3. The van der Waals surface area contributed by atoms with E-state index in [9.17, 15) is 0 Å². The second-order valence-electron chi connectivity index (χ2n) is 6.76. The third-order valence-electron chi connectivity index (χ3n) is 4.81. The Labute approximate surface area is 156 Å². The fraction of sp³-hybridized carbons (Fsp3) is 0.650. The summed E-state index contributed by atoms with van der Waals surface area (Å²) in [5.74, 6) is 1.87. The van der Waals surface area contributed by atoms with Crippen molar-refractivity contribution in [3.63, 3.8) is 0 Å². The van der Waals surface area contributed by atoms with Crippen LogP contribution in [0.25, 0.3) is 0 Å². The summed E-state index contributed by atoms with van der Waals surface area (Å²) in [6.07, 6.45) is 2.59. The smallest absolute Gasteiger partial charge is 0.194 e. The van der Waals surface area contributed by atoms with Crippen LogP contribution in [0.5, 0.6) is 5.75 Å². The molecular weight excluding hydrogens is 330 g/mol. The molecule has 26 heavy (non-hydrogen) atoms. The highest BCUT2D eigenvalue weighted by molar-refractivity contribution is 5.80. The van der Waals surface area contributed by atoms with Crippen LogP contribution in [-0.4, -0.2) is 69.1 Å². The van der Waals surface area contributed by atoms with Crippen molar-refractivity contribution in [2.75, 3.05) is 46.0 Å². The largest absolute Gasteiger partial charge is 0.491 e. The zero-order valence-electron chi connectivity index (χ0n) is 15.9. The Morgan fingerprint density at radius 3 is 2.88 bits per heavy atom. The first-order valence-electron chi connectivity index (χ1n) is 9.73. The van der Waals surface area contributed by atoms with Crippen molar-refractivity contribution in [3.05, 3.63) is 29.8 Å². The Kier molecular flexibility index (Phi) is 7.14. The zero-order chi connectivity index (χ0) is 18.2. The number of morpholine rings is 1. The first-order valence-corrected chi connectivity index (χ1v) is 9.73. The van der Waals surface area contributed by atoms with Crippen molar-refractivity contribution in [3.8, 4) is 5.75 Å². The minimum Gasteiger partial charge on any atom is -0.491 e. The zero-order valence-corrected chi connectivity index (χ0v) is 15.9. The number of aryl methyl sites for hydroxylation is 1. The number of nitrogens with one attached hydrogen (secondary N) is 1.